The summed E-state index contributed by atoms with van der Waals surface area (Å²) in [6.45, 7) is 1.66. The molecule has 0 atom stereocenters. The maximum absolute atomic E-state index is 12.5. The number of benzene rings is 3. The van der Waals surface area contributed by atoms with Crippen molar-refractivity contribution in [3.05, 3.63) is 47.0 Å². The Kier molecular flexibility index (Phi) is 2.84. The van der Waals surface area contributed by atoms with Gasteiger partial charge < -0.3 is 20.4 Å². The fraction of sp³-hybridized carbons (Fsp3) is 0.0526. The van der Waals surface area contributed by atoms with Crippen LogP contribution in [-0.4, -0.2) is 32.0 Å². The summed E-state index contributed by atoms with van der Waals surface area (Å²) < 4.78 is 0. The minimum Gasteiger partial charge on any atom is -0.507 e. The van der Waals surface area contributed by atoms with Crippen molar-refractivity contribution in [2.45, 2.75) is 6.92 Å². The van der Waals surface area contributed by atoms with Crippen LogP contribution >= 0.6 is 0 Å². The number of hydrogen-bond donors (Lipinski definition) is 4. The van der Waals surface area contributed by atoms with Gasteiger partial charge >= 0.3 is 0 Å². The Morgan fingerprint density at radius 3 is 2.20 bits per heavy atom. The van der Waals surface area contributed by atoms with Gasteiger partial charge in [-0.25, -0.2) is 0 Å². The van der Waals surface area contributed by atoms with E-state index in [-0.39, 0.29) is 39.0 Å². The monoisotopic (exact) mass is 336 g/mol. The zero-order valence-electron chi connectivity index (χ0n) is 13.0. The summed E-state index contributed by atoms with van der Waals surface area (Å²) in [6.07, 6.45) is 0. The van der Waals surface area contributed by atoms with Crippen LogP contribution in [0.1, 0.15) is 26.3 Å². The normalized spacial score (nSPS) is 13.0. The molecule has 0 amide bonds. The molecule has 25 heavy (non-hydrogen) atoms. The Labute approximate surface area is 141 Å². The van der Waals surface area contributed by atoms with E-state index in [2.05, 4.69) is 0 Å². The number of phenols is 4. The van der Waals surface area contributed by atoms with E-state index < -0.39 is 28.6 Å². The lowest BCUT2D eigenvalue weighted by Crippen LogP contribution is -2.22. The predicted octanol–water partition coefficient (Wildman–Crippen LogP) is 3.02. The van der Waals surface area contributed by atoms with E-state index in [0.717, 1.165) is 0 Å². The van der Waals surface area contributed by atoms with E-state index in [1.54, 1.807) is 6.92 Å². The number of carbonyl (C=O) groups is 2. The van der Waals surface area contributed by atoms with Gasteiger partial charge in [0.1, 0.15) is 23.0 Å². The SMILES string of the molecule is Cc1cc(O)c2c(c1)C(=O)C(=O)c1c-2c(O)c2cccc(O)c2c1O. The molecule has 6 nitrogen and oxygen atoms in total. The Morgan fingerprint density at radius 2 is 1.48 bits per heavy atom. The number of rotatable bonds is 0. The van der Waals surface area contributed by atoms with Crippen molar-refractivity contribution >= 4 is 22.3 Å². The molecule has 3 aromatic carbocycles. The molecular weight excluding hydrogens is 324 g/mol. The molecule has 6 heteroatoms. The average molecular weight is 336 g/mol. The van der Waals surface area contributed by atoms with E-state index >= 15 is 0 Å². The predicted molar refractivity (Wildman–Crippen MR) is 89.4 cm³/mol. The molecule has 0 radical (unpaired) electrons. The molecular formula is C19H12O6. The maximum Gasteiger partial charge on any atom is 0.238 e. The maximum atomic E-state index is 12.5. The molecule has 1 aliphatic rings. The number of aryl methyl sites for hydroxylation is 1. The average Bonchev–Trinajstić information content (AvgIpc) is 2.55. The van der Waals surface area contributed by atoms with Crippen molar-refractivity contribution in [2.24, 2.45) is 0 Å². The number of phenolic OH excluding ortho intramolecular Hbond substituents is 4. The van der Waals surface area contributed by atoms with Crippen LogP contribution in [-0.2, 0) is 0 Å². The number of carbonyl (C=O) groups excluding carboxylic acids is 2. The Morgan fingerprint density at radius 1 is 0.760 bits per heavy atom. The van der Waals surface area contributed by atoms with Crippen molar-refractivity contribution in [3.63, 3.8) is 0 Å². The fourth-order valence-electron chi connectivity index (χ4n) is 3.39. The summed E-state index contributed by atoms with van der Waals surface area (Å²) >= 11 is 0. The first kappa shape index (κ1) is 15.0. The summed E-state index contributed by atoms with van der Waals surface area (Å²) in [5.74, 6) is -3.54. The van der Waals surface area contributed by atoms with Crippen LogP contribution in [0.15, 0.2) is 30.3 Å². The Hall–Kier alpha value is -3.54. The highest BCUT2D eigenvalue weighted by molar-refractivity contribution is 6.54. The first-order valence-corrected chi connectivity index (χ1v) is 7.45. The molecule has 4 N–H and O–H groups in total. The van der Waals surface area contributed by atoms with Crippen LogP contribution in [0.2, 0.25) is 0 Å². The highest BCUT2D eigenvalue weighted by Gasteiger charge is 2.38. The number of hydrogen-bond acceptors (Lipinski definition) is 6. The first-order valence-electron chi connectivity index (χ1n) is 7.45. The lowest BCUT2D eigenvalue weighted by molar-refractivity contribution is 0.0813. The van der Waals surface area contributed by atoms with Gasteiger partial charge in [0.2, 0.25) is 11.6 Å². The van der Waals surface area contributed by atoms with Crippen molar-refractivity contribution < 1.29 is 30.0 Å². The van der Waals surface area contributed by atoms with E-state index in [0.29, 0.717) is 5.56 Å². The Balaban J connectivity index is 2.29. The van der Waals surface area contributed by atoms with E-state index in [1.807, 2.05) is 0 Å². The van der Waals surface area contributed by atoms with Gasteiger partial charge in [-0.1, -0.05) is 12.1 Å². The molecule has 0 heterocycles. The summed E-state index contributed by atoms with van der Waals surface area (Å²) in [4.78, 5) is 25.0. The van der Waals surface area contributed by atoms with Crippen molar-refractivity contribution in [2.75, 3.05) is 0 Å². The number of Topliss-reactive ketones (excluding diaryl/α,β-unsaturated/α-hetero) is 2. The Bertz CT molecular complexity index is 1130. The van der Waals surface area contributed by atoms with Crippen LogP contribution in [0, 0.1) is 6.92 Å². The van der Waals surface area contributed by atoms with Crippen molar-refractivity contribution in [3.8, 4) is 34.1 Å². The molecule has 124 valence electrons. The van der Waals surface area contributed by atoms with Crippen LogP contribution in [0.25, 0.3) is 21.9 Å². The smallest absolute Gasteiger partial charge is 0.238 e. The van der Waals surface area contributed by atoms with Crippen LogP contribution in [0.4, 0.5) is 0 Å². The van der Waals surface area contributed by atoms with E-state index in [4.69, 9.17) is 0 Å². The van der Waals surface area contributed by atoms with Gasteiger partial charge in [0.05, 0.1) is 10.9 Å². The van der Waals surface area contributed by atoms with Gasteiger partial charge in [0.15, 0.2) is 0 Å². The van der Waals surface area contributed by atoms with Crippen LogP contribution in [0.5, 0.6) is 23.0 Å². The number of aromatic hydroxyl groups is 4. The van der Waals surface area contributed by atoms with Gasteiger partial charge in [-0.05, 0) is 30.7 Å². The lowest BCUT2D eigenvalue weighted by Gasteiger charge is -2.23. The third-order valence-corrected chi connectivity index (χ3v) is 4.45. The summed E-state index contributed by atoms with van der Waals surface area (Å²) in [6, 6.07) is 7.05. The van der Waals surface area contributed by atoms with E-state index in [1.165, 1.54) is 30.3 Å². The van der Waals surface area contributed by atoms with Gasteiger partial charge in [0, 0.05) is 22.1 Å². The molecule has 0 saturated carbocycles. The third kappa shape index (κ3) is 1.79. The quantitative estimate of drug-likeness (QED) is 0.370. The third-order valence-electron chi connectivity index (χ3n) is 4.45. The molecule has 0 spiro atoms. The van der Waals surface area contributed by atoms with Gasteiger partial charge in [-0.15, -0.1) is 0 Å². The van der Waals surface area contributed by atoms with E-state index in [9.17, 15) is 30.0 Å². The molecule has 1 aliphatic carbocycles. The zero-order valence-corrected chi connectivity index (χ0v) is 13.0. The number of ketones is 2. The number of fused-ring (bicyclic) bond motifs is 4. The van der Waals surface area contributed by atoms with Crippen LogP contribution in [0.3, 0.4) is 0 Å². The van der Waals surface area contributed by atoms with Gasteiger partial charge in [-0.3, -0.25) is 9.59 Å². The highest BCUT2D eigenvalue weighted by atomic mass is 16.3. The minimum atomic E-state index is -1.01. The topological polar surface area (TPSA) is 115 Å². The molecule has 0 unspecified atom stereocenters. The fourth-order valence-corrected chi connectivity index (χ4v) is 3.39. The van der Waals surface area contributed by atoms with Gasteiger partial charge in [-0.2, -0.15) is 0 Å². The summed E-state index contributed by atoms with van der Waals surface area (Å²) in [5, 5.41) is 41.5. The molecule has 0 aliphatic heterocycles. The molecule has 0 fully saturated rings. The van der Waals surface area contributed by atoms with Crippen LogP contribution < -0.4 is 0 Å². The largest absolute Gasteiger partial charge is 0.507 e. The molecule has 0 saturated heterocycles. The van der Waals surface area contributed by atoms with Crippen molar-refractivity contribution in [1.82, 2.24) is 0 Å². The minimum absolute atomic E-state index is 0.0109. The zero-order chi connectivity index (χ0) is 18.0. The molecule has 0 aromatic heterocycles. The highest BCUT2D eigenvalue weighted by Crippen LogP contribution is 2.52. The molecule has 0 bridgehead atoms. The second-order valence-corrected chi connectivity index (χ2v) is 6.01. The summed E-state index contributed by atoms with van der Waals surface area (Å²) in [7, 11) is 0. The second-order valence-electron chi connectivity index (χ2n) is 6.01. The molecule has 4 rings (SSSR count). The summed E-state index contributed by atoms with van der Waals surface area (Å²) in [5.41, 5.74) is -0.0219. The second kappa shape index (κ2) is 4.73. The lowest BCUT2D eigenvalue weighted by atomic mass is 9.80. The standard InChI is InChI=1S/C19H12O6/c1-7-5-9-12(11(21)6-7)14-15(19(25)17(9)23)18(24)13-8(16(14)22)3-2-4-10(13)20/h2-6,20-22,24H,1H3. The van der Waals surface area contributed by atoms with Gasteiger partial charge in [0.25, 0.3) is 0 Å². The first-order chi connectivity index (χ1) is 11.8. The van der Waals surface area contributed by atoms with Crippen molar-refractivity contribution in [1.29, 1.82) is 0 Å². The molecule has 3 aromatic rings.